The van der Waals surface area contributed by atoms with Gasteiger partial charge in [-0.15, -0.1) is 0 Å². The molecule has 1 fully saturated rings. The van der Waals surface area contributed by atoms with Crippen LogP contribution in [-0.4, -0.2) is 75.6 Å². The van der Waals surface area contributed by atoms with E-state index in [0.29, 0.717) is 31.8 Å². The molecule has 0 radical (unpaired) electrons. The largest absolute Gasteiger partial charge is 0.494 e. The minimum Gasteiger partial charge on any atom is -0.494 e. The Morgan fingerprint density at radius 1 is 1.24 bits per heavy atom. The summed E-state index contributed by atoms with van der Waals surface area (Å²) in [5.41, 5.74) is 0.657. The van der Waals surface area contributed by atoms with Gasteiger partial charge in [-0.1, -0.05) is 0 Å². The number of carbonyl (C=O) groups excluding carboxylic acids is 1. The number of anilines is 1. The molecule has 0 bridgehead atoms. The summed E-state index contributed by atoms with van der Waals surface area (Å²) < 4.78 is 28.9. The third kappa shape index (κ3) is 5.89. The molecule has 7 nitrogen and oxygen atoms in total. The van der Waals surface area contributed by atoms with Gasteiger partial charge < -0.3 is 19.9 Å². The zero-order valence-corrected chi connectivity index (χ0v) is 15.9. The second-order valence-corrected chi connectivity index (χ2v) is 8.67. The van der Waals surface area contributed by atoms with E-state index in [1.165, 1.54) is 0 Å². The normalized spacial score (nSPS) is 19.0. The van der Waals surface area contributed by atoms with Gasteiger partial charge in [-0.3, -0.25) is 0 Å². The third-order valence-corrected chi connectivity index (χ3v) is 5.87. The first-order chi connectivity index (χ1) is 11.8. The number of amides is 2. The number of ether oxygens (including phenoxy) is 1. The Bertz CT molecular complexity index is 674. The number of carbonyl (C=O) groups is 1. The monoisotopic (exact) mass is 369 g/mol. The summed E-state index contributed by atoms with van der Waals surface area (Å²) in [6.07, 6.45) is 0.493. The van der Waals surface area contributed by atoms with Gasteiger partial charge in [0.1, 0.15) is 5.75 Å². The van der Waals surface area contributed by atoms with Crippen molar-refractivity contribution in [2.75, 3.05) is 50.6 Å². The van der Waals surface area contributed by atoms with Crippen LogP contribution < -0.4 is 10.1 Å². The maximum atomic E-state index is 12.7. The van der Waals surface area contributed by atoms with Crippen LogP contribution >= 0.6 is 0 Å². The van der Waals surface area contributed by atoms with E-state index in [1.807, 2.05) is 25.9 Å². The van der Waals surface area contributed by atoms with Crippen molar-refractivity contribution in [1.29, 1.82) is 0 Å². The molecule has 8 heteroatoms. The van der Waals surface area contributed by atoms with Gasteiger partial charge in [-0.05, 0) is 51.7 Å². The minimum atomic E-state index is -3.05. The topological polar surface area (TPSA) is 79.0 Å². The zero-order valence-electron chi connectivity index (χ0n) is 15.1. The fraction of sp³-hybridized carbons (Fsp3) is 0.588. The van der Waals surface area contributed by atoms with E-state index in [-0.39, 0.29) is 23.6 Å². The Balaban J connectivity index is 2.06. The lowest BCUT2D eigenvalue weighted by Crippen LogP contribution is -2.46. The first-order valence-electron chi connectivity index (χ1n) is 8.46. The second-order valence-electron chi connectivity index (χ2n) is 6.44. The Kier molecular flexibility index (Phi) is 6.66. The molecule has 140 valence electrons. The van der Waals surface area contributed by atoms with Crippen LogP contribution in [0.4, 0.5) is 10.5 Å². The van der Waals surface area contributed by atoms with Gasteiger partial charge in [0.05, 0.1) is 18.1 Å². The van der Waals surface area contributed by atoms with E-state index in [2.05, 4.69) is 5.32 Å². The maximum absolute atomic E-state index is 12.7. The van der Waals surface area contributed by atoms with Crippen molar-refractivity contribution in [2.24, 2.45) is 0 Å². The summed E-state index contributed by atoms with van der Waals surface area (Å²) >= 11 is 0. The van der Waals surface area contributed by atoms with Crippen LogP contribution in [0.3, 0.4) is 0 Å². The number of rotatable bonds is 7. The summed E-state index contributed by atoms with van der Waals surface area (Å²) in [6, 6.07) is 6.60. The van der Waals surface area contributed by atoms with Gasteiger partial charge in [-0.2, -0.15) is 0 Å². The predicted octanol–water partition coefficient (Wildman–Crippen LogP) is 1.67. The highest BCUT2D eigenvalue weighted by Crippen LogP contribution is 2.20. The third-order valence-electron chi connectivity index (χ3n) is 4.11. The molecule has 1 aromatic rings. The lowest BCUT2D eigenvalue weighted by atomic mass is 10.2. The molecule has 0 spiro atoms. The van der Waals surface area contributed by atoms with E-state index in [0.717, 1.165) is 5.75 Å². The number of hydrogen-bond acceptors (Lipinski definition) is 5. The van der Waals surface area contributed by atoms with Crippen LogP contribution in [-0.2, 0) is 9.84 Å². The van der Waals surface area contributed by atoms with Crippen LogP contribution in [0.5, 0.6) is 5.75 Å². The number of nitrogens with zero attached hydrogens (tertiary/aromatic N) is 2. The first-order valence-corrected chi connectivity index (χ1v) is 10.3. The smallest absolute Gasteiger partial charge is 0.322 e. The van der Waals surface area contributed by atoms with Gasteiger partial charge >= 0.3 is 6.03 Å². The Morgan fingerprint density at radius 3 is 2.44 bits per heavy atom. The van der Waals surface area contributed by atoms with Crippen LogP contribution in [0.25, 0.3) is 0 Å². The van der Waals surface area contributed by atoms with Crippen molar-refractivity contribution in [3.8, 4) is 5.75 Å². The number of nitrogens with one attached hydrogen (secondary N) is 1. The summed E-state index contributed by atoms with van der Waals surface area (Å²) in [7, 11) is 0.800. The van der Waals surface area contributed by atoms with Gasteiger partial charge in [0.25, 0.3) is 0 Å². The van der Waals surface area contributed by atoms with E-state index in [1.54, 1.807) is 29.2 Å². The van der Waals surface area contributed by atoms with Crippen LogP contribution in [0, 0.1) is 0 Å². The number of hydrogen-bond donors (Lipinski definition) is 1. The molecule has 1 unspecified atom stereocenters. The molecule has 2 amide bonds. The Labute approximate surface area is 149 Å². The van der Waals surface area contributed by atoms with E-state index >= 15 is 0 Å². The fourth-order valence-electron chi connectivity index (χ4n) is 2.78. The molecule has 25 heavy (non-hydrogen) atoms. The molecule has 1 heterocycles. The summed E-state index contributed by atoms with van der Waals surface area (Å²) in [5, 5.41) is 2.86. The number of urea groups is 1. The fourth-order valence-corrected chi connectivity index (χ4v) is 4.51. The molecule has 0 aromatic heterocycles. The van der Waals surface area contributed by atoms with E-state index in [9.17, 15) is 13.2 Å². The predicted molar refractivity (Wildman–Crippen MR) is 98.9 cm³/mol. The maximum Gasteiger partial charge on any atom is 0.322 e. The Hall–Kier alpha value is -1.80. The van der Waals surface area contributed by atoms with Gasteiger partial charge in [-0.25, -0.2) is 13.2 Å². The van der Waals surface area contributed by atoms with Crippen molar-refractivity contribution in [1.82, 2.24) is 9.80 Å². The minimum absolute atomic E-state index is 0.0388. The second kappa shape index (κ2) is 8.53. The highest BCUT2D eigenvalue weighted by molar-refractivity contribution is 7.91. The summed E-state index contributed by atoms with van der Waals surface area (Å²) in [4.78, 5) is 16.3. The molecule has 1 N–H and O–H groups in total. The lowest BCUT2D eigenvalue weighted by molar-refractivity contribution is 0.186. The SMILES string of the molecule is CCOc1ccc(NC(=O)N(CCN(C)C)C2CCS(=O)(=O)C2)cc1. The molecule has 1 saturated heterocycles. The van der Waals surface area contributed by atoms with E-state index in [4.69, 9.17) is 4.74 Å². The van der Waals surface area contributed by atoms with Gasteiger partial charge in [0.15, 0.2) is 9.84 Å². The van der Waals surface area contributed by atoms with Gasteiger partial charge in [0, 0.05) is 24.8 Å². The molecule has 1 aliphatic heterocycles. The molecule has 0 aliphatic carbocycles. The summed E-state index contributed by atoms with van der Waals surface area (Å²) in [5.74, 6) is 0.927. The van der Waals surface area contributed by atoms with E-state index < -0.39 is 9.84 Å². The quantitative estimate of drug-likeness (QED) is 0.791. The number of sulfone groups is 1. The van der Waals surface area contributed by atoms with Crippen LogP contribution in [0.2, 0.25) is 0 Å². The van der Waals surface area contributed by atoms with Crippen molar-refractivity contribution in [3.05, 3.63) is 24.3 Å². The lowest BCUT2D eigenvalue weighted by Gasteiger charge is -2.29. The highest BCUT2D eigenvalue weighted by Gasteiger charge is 2.34. The molecular formula is C17H27N3O4S. The van der Waals surface area contributed by atoms with Crippen LogP contribution in [0.1, 0.15) is 13.3 Å². The highest BCUT2D eigenvalue weighted by atomic mass is 32.2. The van der Waals surface area contributed by atoms with Crippen LogP contribution in [0.15, 0.2) is 24.3 Å². The number of likely N-dealkylation sites (N-methyl/N-ethyl adjacent to an activating group) is 1. The molecule has 0 saturated carbocycles. The van der Waals surface area contributed by atoms with Crippen molar-refractivity contribution >= 4 is 21.6 Å². The molecule has 1 aromatic carbocycles. The van der Waals surface area contributed by atoms with Crippen molar-refractivity contribution in [3.63, 3.8) is 0 Å². The Morgan fingerprint density at radius 2 is 1.92 bits per heavy atom. The molecule has 1 atom stereocenters. The molecule has 2 rings (SSSR count). The number of benzene rings is 1. The standard InChI is InChI=1S/C17H27N3O4S/c1-4-24-16-7-5-14(6-8-16)18-17(21)20(11-10-19(2)3)15-9-12-25(22,23)13-15/h5-8,15H,4,9-13H2,1-3H3,(H,18,21). The average molecular weight is 369 g/mol. The average Bonchev–Trinajstić information content (AvgIpc) is 2.89. The summed E-state index contributed by atoms with van der Waals surface area (Å²) in [6.45, 7) is 3.65. The van der Waals surface area contributed by atoms with Crippen molar-refractivity contribution in [2.45, 2.75) is 19.4 Å². The van der Waals surface area contributed by atoms with Gasteiger partial charge in [0.2, 0.25) is 0 Å². The molecular weight excluding hydrogens is 342 g/mol. The molecule has 1 aliphatic rings. The first kappa shape index (κ1) is 19.5. The zero-order chi connectivity index (χ0) is 18.4. The van der Waals surface area contributed by atoms with Crippen molar-refractivity contribution < 1.29 is 17.9 Å².